The summed E-state index contributed by atoms with van der Waals surface area (Å²) in [6, 6.07) is 17.5. The molecule has 1 amide bonds. The van der Waals surface area contributed by atoms with Crippen LogP contribution < -0.4 is 10.6 Å². The van der Waals surface area contributed by atoms with E-state index in [1.165, 1.54) is 5.56 Å². The van der Waals surface area contributed by atoms with Crippen LogP contribution in [0.15, 0.2) is 60.8 Å². The van der Waals surface area contributed by atoms with Crippen molar-refractivity contribution in [3.05, 3.63) is 83.0 Å². The molecular formula is C23H25N3O. The molecule has 0 saturated heterocycles. The maximum atomic E-state index is 13.0. The van der Waals surface area contributed by atoms with Crippen molar-refractivity contribution in [2.45, 2.75) is 33.6 Å². The second kappa shape index (κ2) is 8.04. The molecule has 0 aliphatic carbocycles. The summed E-state index contributed by atoms with van der Waals surface area (Å²) in [5.41, 5.74) is 5.73. The van der Waals surface area contributed by atoms with Crippen LogP contribution >= 0.6 is 0 Å². The minimum absolute atomic E-state index is 0.177. The van der Waals surface area contributed by atoms with E-state index >= 15 is 0 Å². The number of benzene rings is 2. The van der Waals surface area contributed by atoms with Gasteiger partial charge >= 0.3 is 0 Å². The molecule has 0 unspecified atom stereocenters. The predicted molar refractivity (Wildman–Crippen MR) is 112 cm³/mol. The minimum Gasteiger partial charge on any atom is -0.339 e. The van der Waals surface area contributed by atoms with Crippen molar-refractivity contribution in [1.29, 1.82) is 0 Å². The highest BCUT2D eigenvalue weighted by Gasteiger charge is 2.15. The molecule has 138 valence electrons. The zero-order valence-corrected chi connectivity index (χ0v) is 16.2. The van der Waals surface area contributed by atoms with Gasteiger partial charge in [-0.15, -0.1) is 0 Å². The Labute approximate surface area is 160 Å². The van der Waals surface area contributed by atoms with E-state index in [2.05, 4.69) is 49.4 Å². The SMILES string of the molecule is Cc1cccc(Nc2ncccc2C(=O)Nc2ccccc2C(C)C)c1C. The van der Waals surface area contributed by atoms with Crippen LogP contribution in [0, 0.1) is 13.8 Å². The molecule has 1 heterocycles. The number of amides is 1. The van der Waals surface area contributed by atoms with Crippen molar-refractivity contribution >= 4 is 23.1 Å². The highest BCUT2D eigenvalue weighted by Crippen LogP contribution is 2.27. The second-order valence-corrected chi connectivity index (χ2v) is 6.97. The fourth-order valence-corrected chi connectivity index (χ4v) is 3.01. The quantitative estimate of drug-likeness (QED) is 0.604. The first-order chi connectivity index (χ1) is 13.0. The fourth-order valence-electron chi connectivity index (χ4n) is 3.01. The van der Waals surface area contributed by atoms with Crippen LogP contribution in [0.2, 0.25) is 0 Å². The number of nitrogens with one attached hydrogen (secondary N) is 2. The Balaban J connectivity index is 1.90. The molecule has 0 aliphatic rings. The Hall–Kier alpha value is -3.14. The largest absolute Gasteiger partial charge is 0.339 e. The number of carbonyl (C=O) groups excluding carboxylic acids is 1. The first-order valence-electron chi connectivity index (χ1n) is 9.16. The molecule has 2 N–H and O–H groups in total. The van der Waals surface area contributed by atoms with Crippen LogP contribution in [0.4, 0.5) is 17.2 Å². The lowest BCUT2D eigenvalue weighted by Gasteiger charge is -2.16. The highest BCUT2D eigenvalue weighted by molar-refractivity contribution is 6.08. The Bertz CT molecular complexity index is 963. The van der Waals surface area contributed by atoms with Gasteiger partial charge in [0.15, 0.2) is 0 Å². The van der Waals surface area contributed by atoms with E-state index in [0.717, 1.165) is 22.5 Å². The van der Waals surface area contributed by atoms with Gasteiger partial charge in [-0.2, -0.15) is 0 Å². The third-order valence-electron chi connectivity index (χ3n) is 4.74. The van der Waals surface area contributed by atoms with Crippen LogP contribution in [0.1, 0.15) is 46.8 Å². The number of anilines is 3. The standard InChI is InChI=1S/C23H25N3O/c1-15(2)18-10-5-6-12-21(18)26-23(27)19-11-8-14-24-22(19)25-20-13-7-9-16(3)17(20)4/h5-15H,1-4H3,(H,24,25)(H,26,27). The van der Waals surface area contributed by atoms with E-state index in [-0.39, 0.29) is 5.91 Å². The number of hydrogen-bond donors (Lipinski definition) is 2. The minimum atomic E-state index is -0.177. The lowest BCUT2D eigenvalue weighted by molar-refractivity contribution is 0.102. The van der Waals surface area contributed by atoms with Crippen molar-refractivity contribution in [2.24, 2.45) is 0 Å². The average molecular weight is 359 g/mol. The number of carbonyl (C=O) groups is 1. The zero-order chi connectivity index (χ0) is 19.4. The summed E-state index contributed by atoms with van der Waals surface area (Å²) >= 11 is 0. The van der Waals surface area contributed by atoms with E-state index in [9.17, 15) is 4.79 Å². The lowest BCUT2D eigenvalue weighted by Crippen LogP contribution is -2.16. The molecule has 1 aromatic heterocycles. The zero-order valence-electron chi connectivity index (χ0n) is 16.2. The van der Waals surface area contributed by atoms with Gasteiger partial charge in [0.1, 0.15) is 5.82 Å². The van der Waals surface area contributed by atoms with E-state index in [1.807, 2.05) is 36.4 Å². The number of para-hydroxylation sites is 1. The summed E-state index contributed by atoms with van der Waals surface area (Å²) in [5.74, 6) is 0.692. The Morgan fingerprint density at radius 1 is 0.926 bits per heavy atom. The smallest absolute Gasteiger partial charge is 0.259 e. The molecule has 2 aromatic carbocycles. The number of aromatic nitrogens is 1. The van der Waals surface area contributed by atoms with E-state index < -0.39 is 0 Å². The van der Waals surface area contributed by atoms with Crippen LogP contribution in [-0.2, 0) is 0 Å². The summed E-state index contributed by atoms with van der Waals surface area (Å²) in [4.78, 5) is 17.4. The molecule has 4 nitrogen and oxygen atoms in total. The molecule has 0 atom stereocenters. The van der Waals surface area contributed by atoms with Crippen LogP contribution in [-0.4, -0.2) is 10.9 Å². The van der Waals surface area contributed by atoms with Crippen LogP contribution in [0.3, 0.4) is 0 Å². The molecule has 0 bridgehead atoms. The number of nitrogens with zero attached hydrogens (tertiary/aromatic N) is 1. The number of aryl methyl sites for hydroxylation is 1. The van der Waals surface area contributed by atoms with Gasteiger partial charge < -0.3 is 10.6 Å². The summed E-state index contributed by atoms with van der Waals surface area (Å²) < 4.78 is 0. The van der Waals surface area contributed by atoms with Crippen LogP contribution in [0.25, 0.3) is 0 Å². The topological polar surface area (TPSA) is 54.0 Å². The number of rotatable bonds is 5. The first-order valence-corrected chi connectivity index (χ1v) is 9.16. The Morgan fingerprint density at radius 2 is 1.67 bits per heavy atom. The Morgan fingerprint density at radius 3 is 2.44 bits per heavy atom. The maximum absolute atomic E-state index is 13.0. The number of pyridine rings is 1. The predicted octanol–water partition coefficient (Wildman–Crippen LogP) is 5.82. The number of hydrogen-bond acceptors (Lipinski definition) is 3. The third-order valence-corrected chi connectivity index (χ3v) is 4.74. The van der Waals surface area contributed by atoms with Gasteiger partial charge in [0.05, 0.1) is 5.56 Å². The fraction of sp³-hybridized carbons (Fsp3) is 0.217. The molecular weight excluding hydrogens is 334 g/mol. The van der Waals surface area contributed by atoms with Crippen LogP contribution in [0.5, 0.6) is 0 Å². The van der Waals surface area contributed by atoms with Gasteiger partial charge in [-0.25, -0.2) is 4.98 Å². The monoisotopic (exact) mass is 359 g/mol. The molecule has 3 rings (SSSR count). The average Bonchev–Trinajstić information content (AvgIpc) is 2.66. The van der Waals surface area contributed by atoms with E-state index in [0.29, 0.717) is 17.3 Å². The van der Waals surface area contributed by atoms with Crippen molar-refractivity contribution in [2.75, 3.05) is 10.6 Å². The summed E-state index contributed by atoms with van der Waals surface area (Å²) in [6.45, 7) is 8.35. The molecule has 4 heteroatoms. The summed E-state index contributed by atoms with van der Waals surface area (Å²) in [5, 5.41) is 6.36. The van der Waals surface area contributed by atoms with Gasteiger partial charge in [-0.3, -0.25) is 4.79 Å². The third kappa shape index (κ3) is 4.17. The molecule has 3 aromatic rings. The van der Waals surface area contributed by atoms with Gasteiger partial charge in [-0.05, 0) is 60.7 Å². The molecule has 0 aliphatic heterocycles. The Kier molecular flexibility index (Phi) is 5.55. The molecule has 0 saturated carbocycles. The van der Waals surface area contributed by atoms with Gasteiger partial charge in [0, 0.05) is 17.6 Å². The molecule has 0 fully saturated rings. The normalized spacial score (nSPS) is 10.7. The highest BCUT2D eigenvalue weighted by atomic mass is 16.1. The molecule has 0 spiro atoms. The van der Waals surface area contributed by atoms with E-state index in [4.69, 9.17) is 0 Å². The van der Waals surface area contributed by atoms with Crippen molar-refractivity contribution in [1.82, 2.24) is 4.98 Å². The maximum Gasteiger partial charge on any atom is 0.259 e. The van der Waals surface area contributed by atoms with Gasteiger partial charge in [-0.1, -0.05) is 44.2 Å². The van der Waals surface area contributed by atoms with Gasteiger partial charge in [0.2, 0.25) is 0 Å². The first kappa shape index (κ1) is 18.6. The molecule has 27 heavy (non-hydrogen) atoms. The van der Waals surface area contributed by atoms with E-state index in [1.54, 1.807) is 18.3 Å². The van der Waals surface area contributed by atoms with Crippen molar-refractivity contribution in [3.8, 4) is 0 Å². The second-order valence-electron chi connectivity index (χ2n) is 6.97. The van der Waals surface area contributed by atoms with Crippen molar-refractivity contribution < 1.29 is 4.79 Å². The summed E-state index contributed by atoms with van der Waals surface area (Å²) in [7, 11) is 0. The van der Waals surface area contributed by atoms with Gasteiger partial charge in [0.25, 0.3) is 5.91 Å². The lowest BCUT2D eigenvalue weighted by atomic mass is 10.0. The van der Waals surface area contributed by atoms with Crippen molar-refractivity contribution in [3.63, 3.8) is 0 Å². The molecule has 0 radical (unpaired) electrons. The summed E-state index contributed by atoms with van der Waals surface area (Å²) in [6.07, 6.45) is 1.69.